The Morgan fingerprint density at radius 2 is 1.72 bits per heavy atom. The van der Waals surface area contributed by atoms with Gasteiger partial charge in [-0.1, -0.05) is 0 Å². The first-order chi connectivity index (χ1) is 14.1. The zero-order chi connectivity index (χ0) is 20.2. The number of amides is 1. The number of aromatic nitrogens is 4. The van der Waals surface area contributed by atoms with Crippen molar-refractivity contribution >= 4 is 11.6 Å². The summed E-state index contributed by atoms with van der Waals surface area (Å²) in [7, 11) is 0. The van der Waals surface area contributed by atoms with E-state index in [9.17, 15) is 13.6 Å². The van der Waals surface area contributed by atoms with Gasteiger partial charge < -0.3 is 5.32 Å². The molecule has 0 unspecified atom stereocenters. The van der Waals surface area contributed by atoms with Gasteiger partial charge in [-0.2, -0.15) is 5.10 Å². The molecular formula is C21H15F2N5O. The zero-order valence-corrected chi connectivity index (χ0v) is 15.0. The summed E-state index contributed by atoms with van der Waals surface area (Å²) >= 11 is 0. The minimum absolute atomic E-state index is 0.288. The van der Waals surface area contributed by atoms with Crippen molar-refractivity contribution in [1.82, 2.24) is 19.7 Å². The van der Waals surface area contributed by atoms with Crippen molar-refractivity contribution in [3.63, 3.8) is 0 Å². The summed E-state index contributed by atoms with van der Waals surface area (Å²) < 4.78 is 27.9. The number of carbonyl (C=O) groups is 1. The van der Waals surface area contributed by atoms with Gasteiger partial charge >= 0.3 is 0 Å². The van der Waals surface area contributed by atoms with Gasteiger partial charge in [0.15, 0.2) is 0 Å². The number of hydrogen-bond acceptors (Lipinski definition) is 4. The Morgan fingerprint density at radius 1 is 0.966 bits per heavy atom. The van der Waals surface area contributed by atoms with Crippen LogP contribution >= 0.6 is 0 Å². The van der Waals surface area contributed by atoms with Crippen molar-refractivity contribution in [3.05, 3.63) is 90.6 Å². The average Bonchev–Trinajstić information content (AvgIpc) is 3.21. The molecule has 4 rings (SSSR count). The van der Waals surface area contributed by atoms with Crippen LogP contribution in [0.25, 0.3) is 16.9 Å². The lowest BCUT2D eigenvalue weighted by Gasteiger charge is -2.09. The number of nitrogens with zero attached hydrogens (tertiary/aromatic N) is 4. The molecule has 0 aliphatic carbocycles. The lowest BCUT2D eigenvalue weighted by atomic mass is 10.1. The highest BCUT2D eigenvalue weighted by molar-refractivity contribution is 6.04. The minimum atomic E-state index is -2.70. The van der Waals surface area contributed by atoms with Crippen LogP contribution in [-0.2, 0) is 0 Å². The molecule has 1 amide bonds. The predicted molar refractivity (Wildman–Crippen MR) is 104 cm³/mol. The van der Waals surface area contributed by atoms with E-state index in [1.807, 2.05) is 0 Å². The Morgan fingerprint density at radius 3 is 2.38 bits per heavy atom. The highest BCUT2D eigenvalue weighted by Crippen LogP contribution is 2.28. The summed E-state index contributed by atoms with van der Waals surface area (Å²) in [4.78, 5) is 20.3. The summed E-state index contributed by atoms with van der Waals surface area (Å²) in [6, 6.07) is 14.7. The molecule has 0 spiro atoms. The Hall–Kier alpha value is -3.94. The molecule has 0 aliphatic rings. The molecule has 1 N–H and O–H groups in total. The molecule has 3 heterocycles. The normalized spacial score (nSPS) is 10.9. The first-order valence-electron chi connectivity index (χ1n) is 8.72. The number of halogens is 2. The van der Waals surface area contributed by atoms with Gasteiger partial charge in [-0.25, -0.2) is 13.5 Å². The molecule has 1 aromatic carbocycles. The van der Waals surface area contributed by atoms with Crippen LogP contribution < -0.4 is 5.32 Å². The number of carbonyl (C=O) groups excluding carboxylic acids is 1. The standard InChI is InChI=1S/C21H15F2N5O/c22-20(23)18-12-19(15-2-1-9-25-13-15)28(27-18)17-5-3-14(4-6-17)21(29)26-16-7-10-24-11-8-16/h1-13,20H,(H,24,26,29). The molecule has 4 aromatic rings. The van der Waals surface area contributed by atoms with Crippen molar-refractivity contribution in [2.45, 2.75) is 6.43 Å². The highest BCUT2D eigenvalue weighted by atomic mass is 19.3. The highest BCUT2D eigenvalue weighted by Gasteiger charge is 2.18. The Labute approximate surface area is 164 Å². The fourth-order valence-corrected chi connectivity index (χ4v) is 2.82. The maximum atomic E-state index is 13.2. The number of pyridine rings is 2. The van der Waals surface area contributed by atoms with Gasteiger partial charge in [0, 0.05) is 41.6 Å². The lowest BCUT2D eigenvalue weighted by Crippen LogP contribution is -2.12. The maximum absolute atomic E-state index is 13.2. The number of rotatable bonds is 5. The van der Waals surface area contributed by atoms with Gasteiger partial charge in [-0.05, 0) is 54.6 Å². The van der Waals surface area contributed by atoms with Crippen molar-refractivity contribution in [3.8, 4) is 16.9 Å². The van der Waals surface area contributed by atoms with Crippen molar-refractivity contribution < 1.29 is 13.6 Å². The molecule has 0 radical (unpaired) electrons. The first kappa shape index (κ1) is 18.4. The van der Waals surface area contributed by atoms with E-state index in [0.29, 0.717) is 28.2 Å². The Kier molecular flexibility index (Phi) is 5.07. The zero-order valence-electron chi connectivity index (χ0n) is 15.0. The van der Waals surface area contributed by atoms with E-state index in [2.05, 4.69) is 20.4 Å². The summed E-state index contributed by atoms with van der Waals surface area (Å²) in [6.45, 7) is 0. The number of hydrogen-bond donors (Lipinski definition) is 1. The van der Waals surface area contributed by atoms with E-state index >= 15 is 0 Å². The van der Waals surface area contributed by atoms with Gasteiger partial charge in [-0.15, -0.1) is 0 Å². The third-order valence-corrected chi connectivity index (χ3v) is 4.22. The SMILES string of the molecule is O=C(Nc1ccncc1)c1ccc(-n2nc(C(F)F)cc2-c2cccnc2)cc1. The van der Waals surface area contributed by atoms with Crippen LogP contribution in [0.4, 0.5) is 14.5 Å². The third-order valence-electron chi connectivity index (χ3n) is 4.22. The Bertz CT molecular complexity index is 1110. The number of nitrogens with one attached hydrogen (secondary N) is 1. The van der Waals surface area contributed by atoms with E-state index in [1.54, 1.807) is 73.3 Å². The van der Waals surface area contributed by atoms with E-state index < -0.39 is 6.43 Å². The molecule has 8 heteroatoms. The van der Waals surface area contributed by atoms with Crippen LogP contribution in [0.15, 0.2) is 79.4 Å². The number of benzene rings is 1. The fraction of sp³-hybridized carbons (Fsp3) is 0.0476. The van der Waals surface area contributed by atoms with Gasteiger partial charge in [0.05, 0.1) is 11.4 Å². The fourth-order valence-electron chi connectivity index (χ4n) is 2.82. The van der Waals surface area contributed by atoms with Crippen LogP contribution in [0.1, 0.15) is 22.5 Å². The van der Waals surface area contributed by atoms with Crippen LogP contribution in [0, 0.1) is 0 Å². The summed E-state index contributed by atoms with van der Waals surface area (Å²) in [6.07, 6.45) is 3.65. The van der Waals surface area contributed by atoms with E-state index in [4.69, 9.17) is 0 Å². The molecular weight excluding hydrogens is 376 g/mol. The second-order valence-electron chi connectivity index (χ2n) is 6.15. The monoisotopic (exact) mass is 391 g/mol. The second-order valence-corrected chi connectivity index (χ2v) is 6.15. The van der Waals surface area contributed by atoms with Crippen LogP contribution in [0.2, 0.25) is 0 Å². The van der Waals surface area contributed by atoms with E-state index in [-0.39, 0.29) is 11.6 Å². The molecule has 0 fully saturated rings. The topological polar surface area (TPSA) is 72.7 Å². The smallest absolute Gasteiger partial charge is 0.282 e. The van der Waals surface area contributed by atoms with Gasteiger partial charge in [0.1, 0.15) is 5.69 Å². The molecule has 0 saturated carbocycles. The van der Waals surface area contributed by atoms with Crippen molar-refractivity contribution in [1.29, 1.82) is 0 Å². The predicted octanol–water partition coefficient (Wildman–Crippen LogP) is 4.52. The second kappa shape index (κ2) is 7.97. The van der Waals surface area contributed by atoms with E-state index in [1.165, 1.54) is 10.7 Å². The lowest BCUT2D eigenvalue weighted by molar-refractivity contribution is 0.102. The summed E-state index contributed by atoms with van der Waals surface area (Å²) in [5, 5.41) is 6.79. The molecule has 6 nitrogen and oxygen atoms in total. The number of anilines is 1. The quantitative estimate of drug-likeness (QED) is 0.543. The number of alkyl halides is 2. The molecule has 0 atom stereocenters. The molecule has 0 saturated heterocycles. The van der Waals surface area contributed by atoms with Crippen molar-refractivity contribution in [2.24, 2.45) is 0 Å². The maximum Gasteiger partial charge on any atom is 0.282 e. The first-order valence-corrected chi connectivity index (χ1v) is 8.72. The van der Waals surface area contributed by atoms with Crippen LogP contribution in [-0.4, -0.2) is 25.7 Å². The summed E-state index contributed by atoms with van der Waals surface area (Å²) in [5.41, 5.74) is 2.42. The van der Waals surface area contributed by atoms with Crippen molar-refractivity contribution in [2.75, 3.05) is 5.32 Å². The average molecular weight is 391 g/mol. The molecule has 144 valence electrons. The van der Waals surface area contributed by atoms with Crippen LogP contribution in [0.3, 0.4) is 0 Å². The largest absolute Gasteiger partial charge is 0.322 e. The minimum Gasteiger partial charge on any atom is -0.322 e. The molecule has 0 bridgehead atoms. The van der Waals surface area contributed by atoms with Gasteiger partial charge in [0.2, 0.25) is 0 Å². The van der Waals surface area contributed by atoms with E-state index in [0.717, 1.165) is 0 Å². The van der Waals surface area contributed by atoms with Gasteiger partial charge in [-0.3, -0.25) is 14.8 Å². The Balaban J connectivity index is 1.64. The van der Waals surface area contributed by atoms with Gasteiger partial charge in [0.25, 0.3) is 12.3 Å². The summed E-state index contributed by atoms with van der Waals surface area (Å²) in [5.74, 6) is -0.288. The molecule has 29 heavy (non-hydrogen) atoms. The molecule has 3 aromatic heterocycles. The molecule has 0 aliphatic heterocycles. The third kappa shape index (κ3) is 4.01. The van der Waals surface area contributed by atoms with Crippen LogP contribution in [0.5, 0.6) is 0 Å².